The quantitative estimate of drug-likeness (QED) is 0.796. The smallest absolute Gasteiger partial charge is 0.128 e. The molecule has 0 radical (unpaired) electrons. The topological polar surface area (TPSA) is 31.4 Å². The molecule has 0 aliphatic rings. The SMILES string of the molecule is CC(C)NCc1ccc(N(C)CCN(C)C)nc1. The monoisotopic (exact) mass is 250 g/mol. The van der Waals surface area contributed by atoms with Gasteiger partial charge in [0.2, 0.25) is 0 Å². The minimum Gasteiger partial charge on any atom is -0.358 e. The predicted molar refractivity (Wildman–Crippen MR) is 78.0 cm³/mol. The zero-order valence-corrected chi connectivity index (χ0v) is 12.3. The van der Waals surface area contributed by atoms with Gasteiger partial charge < -0.3 is 15.1 Å². The Morgan fingerprint density at radius 1 is 1.17 bits per heavy atom. The van der Waals surface area contributed by atoms with E-state index in [0.717, 1.165) is 25.5 Å². The Morgan fingerprint density at radius 2 is 1.89 bits per heavy atom. The van der Waals surface area contributed by atoms with Gasteiger partial charge in [0.05, 0.1) is 0 Å². The third kappa shape index (κ3) is 5.47. The summed E-state index contributed by atoms with van der Waals surface area (Å²) < 4.78 is 0. The van der Waals surface area contributed by atoms with Gasteiger partial charge in [-0.1, -0.05) is 19.9 Å². The van der Waals surface area contributed by atoms with Crippen molar-refractivity contribution in [1.29, 1.82) is 0 Å². The normalized spacial score (nSPS) is 11.3. The molecule has 0 unspecified atom stereocenters. The van der Waals surface area contributed by atoms with Gasteiger partial charge in [-0.2, -0.15) is 0 Å². The standard InChI is InChI=1S/C14H26N4/c1-12(2)15-10-13-6-7-14(16-11-13)18(5)9-8-17(3)4/h6-7,11-12,15H,8-10H2,1-5H3. The zero-order valence-electron chi connectivity index (χ0n) is 12.3. The molecule has 0 bridgehead atoms. The fourth-order valence-electron chi connectivity index (χ4n) is 1.53. The molecule has 0 atom stereocenters. The van der Waals surface area contributed by atoms with E-state index in [-0.39, 0.29) is 0 Å². The number of nitrogens with zero attached hydrogens (tertiary/aromatic N) is 3. The van der Waals surface area contributed by atoms with E-state index in [0.29, 0.717) is 6.04 Å². The van der Waals surface area contributed by atoms with Crippen LogP contribution in [0.4, 0.5) is 5.82 Å². The van der Waals surface area contributed by atoms with Crippen molar-refractivity contribution < 1.29 is 0 Å². The highest BCUT2D eigenvalue weighted by atomic mass is 15.2. The number of pyridine rings is 1. The van der Waals surface area contributed by atoms with Crippen LogP contribution in [-0.2, 0) is 6.54 Å². The van der Waals surface area contributed by atoms with Gasteiger partial charge >= 0.3 is 0 Å². The predicted octanol–water partition coefficient (Wildman–Crippen LogP) is 1.58. The van der Waals surface area contributed by atoms with E-state index in [1.165, 1.54) is 5.56 Å². The van der Waals surface area contributed by atoms with Gasteiger partial charge in [0, 0.05) is 38.9 Å². The van der Waals surface area contributed by atoms with Gasteiger partial charge in [-0.25, -0.2) is 4.98 Å². The summed E-state index contributed by atoms with van der Waals surface area (Å²) >= 11 is 0. The molecule has 102 valence electrons. The summed E-state index contributed by atoms with van der Waals surface area (Å²) in [5.74, 6) is 1.03. The number of hydrogen-bond acceptors (Lipinski definition) is 4. The summed E-state index contributed by atoms with van der Waals surface area (Å²) in [6.45, 7) is 7.21. The van der Waals surface area contributed by atoms with Crippen molar-refractivity contribution >= 4 is 5.82 Å². The van der Waals surface area contributed by atoms with Gasteiger partial charge in [-0.3, -0.25) is 0 Å². The van der Waals surface area contributed by atoms with E-state index < -0.39 is 0 Å². The largest absolute Gasteiger partial charge is 0.358 e. The molecule has 1 rings (SSSR count). The van der Waals surface area contributed by atoms with Crippen LogP contribution in [0.25, 0.3) is 0 Å². The fourth-order valence-corrected chi connectivity index (χ4v) is 1.53. The van der Waals surface area contributed by atoms with Gasteiger partial charge in [0.1, 0.15) is 5.82 Å². The molecule has 0 aliphatic heterocycles. The van der Waals surface area contributed by atoms with E-state index >= 15 is 0 Å². The molecule has 0 fully saturated rings. The third-order valence-electron chi connectivity index (χ3n) is 2.80. The van der Waals surface area contributed by atoms with E-state index in [9.17, 15) is 0 Å². The van der Waals surface area contributed by atoms with Crippen LogP contribution < -0.4 is 10.2 Å². The summed E-state index contributed by atoms with van der Waals surface area (Å²) in [6, 6.07) is 4.74. The molecule has 0 spiro atoms. The summed E-state index contributed by atoms with van der Waals surface area (Å²) in [6.07, 6.45) is 1.96. The first kappa shape index (κ1) is 14.9. The molecule has 0 aromatic carbocycles. The molecular formula is C14H26N4. The van der Waals surface area contributed by atoms with Crippen LogP contribution in [0.15, 0.2) is 18.3 Å². The summed E-state index contributed by atoms with van der Waals surface area (Å²) in [4.78, 5) is 8.86. The van der Waals surface area contributed by atoms with E-state index in [1.54, 1.807) is 0 Å². The Morgan fingerprint density at radius 3 is 2.39 bits per heavy atom. The number of aromatic nitrogens is 1. The molecule has 0 aliphatic carbocycles. The average molecular weight is 250 g/mol. The first-order valence-electron chi connectivity index (χ1n) is 6.53. The van der Waals surface area contributed by atoms with Crippen molar-refractivity contribution in [2.24, 2.45) is 0 Å². The molecular weight excluding hydrogens is 224 g/mol. The second kappa shape index (κ2) is 7.34. The molecule has 4 nitrogen and oxygen atoms in total. The Balaban J connectivity index is 2.48. The second-order valence-electron chi connectivity index (χ2n) is 5.29. The first-order chi connectivity index (χ1) is 8.49. The number of hydrogen-bond donors (Lipinski definition) is 1. The lowest BCUT2D eigenvalue weighted by Gasteiger charge is -2.20. The second-order valence-corrected chi connectivity index (χ2v) is 5.29. The van der Waals surface area contributed by atoms with E-state index in [1.807, 2.05) is 6.20 Å². The Hall–Kier alpha value is -1.13. The van der Waals surface area contributed by atoms with Gasteiger partial charge in [0.25, 0.3) is 0 Å². The van der Waals surface area contributed by atoms with Crippen LogP contribution >= 0.6 is 0 Å². The lowest BCUT2D eigenvalue weighted by atomic mass is 10.2. The van der Waals surface area contributed by atoms with Crippen molar-refractivity contribution in [3.63, 3.8) is 0 Å². The van der Waals surface area contributed by atoms with Crippen LogP contribution in [0.5, 0.6) is 0 Å². The minimum atomic E-state index is 0.507. The van der Waals surface area contributed by atoms with Crippen molar-refractivity contribution in [2.45, 2.75) is 26.4 Å². The first-order valence-corrected chi connectivity index (χ1v) is 6.53. The van der Waals surface area contributed by atoms with Crippen LogP contribution in [0.2, 0.25) is 0 Å². The van der Waals surface area contributed by atoms with Crippen molar-refractivity contribution in [1.82, 2.24) is 15.2 Å². The number of rotatable bonds is 7. The van der Waals surface area contributed by atoms with Gasteiger partial charge in [-0.15, -0.1) is 0 Å². The zero-order chi connectivity index (χ0) is 13.5. The number of anilines is 1. The maximum atomic E-state index is 4.50. The molecule has 1 aromatic heterocycles. The lowest BCUT2D eigenvalue weighted by molar-refractivity contribution is 0.416. The summed E-state index contributed by atoms with van der Waals surface area (Å²) in [5.41, 5.74) is 1.23. The summed E-state index contributed by atoms with van der Waals surface area (Å²) in [5, 5.41) is 3.39. The fraction of sp³-hybridized carbons (Fsp3) is 0.643. The van der Waals surface area contributed by atoms with E-state index in [2.05, 4.69) is 67.2 Å². The number of nitrogens with one attached hydrogen (secondary N) is 1. The molecule has 1 heterocycles. The molecule has 0 amide bonds. The molecule has 0 saturated carbocycles. The van der Waals surface area contributed by atoms with Crippen molar-refractivity contribution in [3.05, 3.63) is 23.9 Å². The number of likely N-dealkylation sites (N-methyl/N-ethyl adjacent to an activating group) is 2. The molecule has 18 heavy (non-hydrogen) atoms. The molecule has 0 saturated heterocycles. The van der Waals surface area contributed by atoms with Crippen molar-refractivity contribution in [2.75, 3.05) is 39.1 Å². The van der Waals surface area contributed by atoms with Gasteiger partial charge in [0.15, 0.2) is 0 Å². The molecule has 1 aromatic rings. The van der Waals surface area contributed by atoms with Crippen LogP contribution in [0, 0.1) is 0 Å². The maximum Gasteiger partial charge on any atom is 0.128 e. The highest BCUT2D eigenvalue weighted by Gasteiger charge is 2.03. The highest BCUT2D eigenvalue weighted by Crippen LogP contribution is 2.09. The maximum absolute atomic E-state index is 4.50. The van der Waals surface area contributed by atoms with Crippen LogP contribution in [-0.4, -0.2) is 50.2 Å². The van der Waals surface area contributed by atoms with Crippen molar-refractivity contribution in [3.8, 4) is 0 Å². The third-order valence-corrected chi connectivity index (χ3v) is 2.80. The van der Waals surface area contributed by atoms with Gasteiger partial charge in [-0.05, 0) is 25.7 Å². The Labute approximate surface area is 111 Å². The molecule has 1 N–H and O–H groups in total. The van der Waals surface area contributed by atoms with E-state index in [4.69, 9.17) is 0 Å². The molecule has 4 heteroatoms. The summed E-state index contributed by atoms with van der Waals surface area (Å²) in [7, 11) is 6.25. The van der Waals surface area contributed by atoms with Crippen LogP contribution in [0.1, 0.15) is 19.4 Å². The Bertz CT molecular complexity index is 332. The highest BCUT2D eigenvalue weighted by molar-refractivity contribution is 5.38. The average Bonchev–Trinajstić information content (AvgIpc) is 2.34. The Kier molecular flexibility index (Phi) is 6.09. The van der Waals surface area contributed by atoms with Crippen LogP contribution in [0.3, 0.4) is 0 Å². The lowest BCUT2D eigenvalue weighted by Crippen LogP contribution is -2.29. The minimum absolute atomic E-state index is 0.507.